The minimum Gasteiger partial charge on any atom is -0.465 e. The highest BCUT2D eigenvalue weighted by Crippen LogP contribution is 2.39. The van der Waals surface area contributed by atoms with Crippen LogP contribution in [0.1, 0.15) is 41.1 Å². The number of benzene rings is 3. The summed E-state index contributed by atoms with van der Waals surface area (Å²) in [7, 11) is 0. The van der Waals surface area contributed by atoms with Gasteiger partial charge in [0.05, 0.1) is 11.7 Å². The van der Waals surface area contributed by atoms with E-state index >= 15 is 0 Å². The van der Waals surface area contributed by atoms with Crippen LogP contribution in [0, 0.1) is 5.92 Å². The zero-order valence-corrected chi connectivity index (χ0v) is 21.7. The van der Waals surface area contributed by atoms with Crippen LogP contribution >= 0.6 is 0 Å². The second-order valence-corrected chi connectivity index (χ2v) is 10.4. The highest BCUT2D eigenvalue weighted by Gasteiger charge is 2.40. The Hall–Kier alpha value is -4.23. The predicted octanol–water partition coefficient (Wildman–Crippen LogP) is 6.53. The molecule has 1 N–H and O–H groups in total. The molecule has 1 atom stereocenters. The molecule has 4 heterocycles. The number of fused-ring (bicyclic) bond motifs is 4. The van der Waals surface area contributed by atoms with E-state index in [1.165, 1.54) is 0 Å². The standard InChI is InChI=1S/C32H31N3O4/c36-21-23-11-13-27-30(19-23)39-31(33-27)9-5-4-6-22-10-12-26(24-7-2-1-3-8-24)28(18-22)35(32(37)38)29-20-34-16-14-25(29)15-17-34/h1-4,6-8,10-13,18-19,21,25,29H,5,9,14-17,20H2,(H,37,38)/b6-4+/t29-/m0/s1. The van der Waals surface area contributed by atoms with Gasteiger partial charge in [-0.2, -0.15) is 0 Å². The van der Waals surface area contributed by atoms with Gasteiger partial charge < -0.3 is 14.4 Å². The van der Waals surface area contributed by atoms with Gasteiger partial charge in [-0.25, -0.2) is 9.78 Å². The van der Waals surface area contributed by atoms with Crippen LogP contribution in [0.4, 0.5) is 10.5 Å². The monoisotopic (exact) mass is 521 g/mol. The summed E-state index contributed by atoms with van der Waals surface area (Å²) in [5, 5.41) is 10.5. The lowest BCUT2D eigenvalue weighted by molar-refractivity contribution is 0.0838. The number of rotatable bonds is 8. The van der Waals surface area contributed by atoms with E-state index in [0.717, 1.165) is 66.7 Å². The topological polar surface area (TPSA) is 86.9 Å². The molecule has 39 heavy (non-hydrogen) atoms. The number of carbonyl (C=O) groups excluding carboxylic acids is 1. The van der Waals surface area contributed by atoms with E-state index in [9.17, 15) is 14.7 Å². The molecule has 4 aromatic rings. The van der Waals surface area contributed by atoms with Gasteiger partial charge in [-0.05, 0) is 73.7 Å². The number of carbonyl (C=O) groups is 2. The average molecular weight is 522 g/mol. The van der Waals surface area contributed by atoms with Gasteiger partial charge in [-0.3, -0.25) is 9.69 Å². The number of carboxylic acid groups (broad SMARTS) is 1. The quantitative estimate of drug-likeness (QED) is 0.265. The highest BCUT2D eigenvalue weighted by atomic mass is 16.4. The molecule has 0 saturated carbocycles. The van der Waals surface area contributed by atoms with Gasteiger partial charge in [0.1, 0.15) is 11.8 Å². The second-order valence-electron chi connectivity index (χ2n) is 10.4. The Balaban J connectivity index is 1.26. The van der Waals surface area contributed by atoms with E-state index in [1.807, 2.05) is 54.6 Å². The number of aryl methyl sites for hydroxylation is 1. The maximum atomic E-state index is 12.8. The Morgan fingerprint density at radius 1 is 1.05 bits per heavy atom. The fourth-order valence-electron chi connectivity index (χ4n) is 5.96. The van der Waals surface area contributed by atoms with Crippen LogP contribution in [-0.4, -0.2) is 53.0 Å². The van der Waals surface area contributed by atoms with Crippen molar-refractivity contribution in [2.24, 2.45) is 5.92 Å². The molecule has 0 spiro atoms. The van der Waals surface area contributed by atoms with Crippen molar-refractivity contribution < 1.29 is 19.1 Å². The highest BCUT2D eigenvalue weighted by molar-refractivity contribution is 5.94. The number of allylic oxidation sites excluding steroid dienone is 1. The molecule has 3 aromatic carbocycles. The number of amides is 1. The van der Waals surface area contributed by atoms with Gasteiger partial charge in [0.25, 0.3) is 0 Å². The van der Waals surface area contributed by atoms with Crippen LogP contribution < -0.4 is 4.90 Å². The van der Waals surface area contributed by atoms with E-state index in [-0.39, 0.29) is 6.04 Å². The fourth-order valence-corrected chi connectivity index (χ4v) is 5.96. The molecule has 3 fully saturated rings. The molecule has 7 nitrogen and oxygen atoms in total. The maximum absolute atomic E-state index is 12.8. The Morgan fingerprint density at radius 2 is 1.85 bits per heavy atom. The normalized spacial score (nSPS) is 20.5. The molecule has 1 aromatic heterocycles. The smallest absolute Gasteiger partial charge is 0.412 e. The van der Waals surface area contributed by atoms with Gasteiger partial charge in [0, 0.05) is 24.1 Å². The summed E-state index contributed by atoms with van der Waals surface area (Å²) in [6.07, 6.45) is 7.41. The molecule has 0 aliphatic carbocycles. The fraction of sp³-hybridized carbons (Fsp3) is 0.281. The number of aromatic nitrogens is 1. The van der Waals surface area contributed by atoms with Crippen LogP contribution in [0.5, 0.6) is 0 Å². The van der Waals surface area contributed by atoms with Crippen molar-refractivity contribution in [1.82, 2.24) is 9.88 Å². The zero-order valence-electron chi connectivity index (χ0n) is 21.7. The molecule has 1 amide bonds. The molecule has 3 aliphatic heterocycles. The lowest BCUT2D eigenvalue weighted by Crippen LogP contribution is -2.59. The maximum Gasteiger partial charge on any atom is 0.412 e. The SMILES string of the molecule is O=Cc1ccc2nc(CC/C=C/c3ccc(-c4ccccc4)c(N(C(=O)O)[C@H]4CN5CCC4CC5)c3)oc2c1. The van der Waals surface area contributed by atoms with Crippen molar-refractivity contribution >= 4 is 35.2 Å². The van der Waals surface area contributed by atoms with Crippen LogP contribution in [0.15, 0.2) is 77.2 Å². The summed E-state index contributed by atoms with van der Waals surface area (Å²) in [5.74, 6) is 1.00. The van der Waals surface area contributed by atoms with E-state index in [0.29, 0.717) is 35.8 Å². The summed E-state index contributed by atoms with van der Waals surface area (Å²) in [5.41, 5.74) is 5.53. The van der Waals surface area contributed by atoms with Crippen LogP contribution in [-0.2, 0) is 6.42 Å². The molecular formula is C32H31N3O4. The summed E-state index contributed by atoms with van der Waals surface area (Å²) in [4.78, 5) is 32.3. The third kappa shape index (κ3) is 5.22. The van der Waals surface area contributed by atoms with Gasteiger partial charge >= 0.3 is 6.09 Å². The van der Waals surface area contributed by atoms with E-state index in [1.54, 1.807) is 23.1 Å². The van der Waals surface area contributed by atoms with E-state index in [2.05, 4.69) is 16.0 Å². The summed E-state index contributed by atoms with van der Waals surface area (Å²) < 4.78 is 5.82. The van der Waals surface area contributed by atoms with Crippen molar-refractivity contribution in [2.45, 2.75) is 31.7 Å². The van der Waals surface area contributed by atoms with E-state index < -0.39 is 6.09 Å². The molecule has 3 saturated heterocycles. The molecule has 2 bridgehead atoms. The van der Waals surface area contributed by atoms with Crippen LogP contribution in [0.25, 0.3) is 28.3 Å². The summed E-state index contributed by atoms with van der Waals surface area (Å²) >= 11 is 0. The molecule has 7 heteroatoms. The lowest BCUT2D eigenvalue weighted by atomic mass is 9.82. The molecule has 198 valence electrons. The molecule has 3 aliphatic rings. The third-order valence-electron chi connectivity index (χ3n) is 7.95. The van der Waals surface area contributed by atoms with Gasteiger partial charge in [-0.1, -0.05) is 54.6 Å². The van der Waals surface area contributed by atoms with Crippen LogP contribution in [0.2, 0.25) is 0 Å². The first-order valence-corrected chi connectivity index (χ1v) is 13.5. The zero-order chi connectivity index (χ0) is 26.8. The van der Waals surface area contributed by atoms with Crippen molar-refractivity contribution in [3.63, 3.8) is 0 Å². The molecular weight excluding hydrogens is 490 g/mol. The van der Waals surface area contributed by atoms with Gasteiger partial charge in [0.15, 0.2) is 11.5 Å². The Bertz CT molecular complexity index is 1520. The Labute approximate surface area is 227 Å². The first-order valence-electron chi connectivity index (χ1n) is 13.5. The lowest BCUT2D eigenvalue weighted by Gasteiger charge is -2.48. The number of aldehydes is 1. The largest absolute Gasteiger partial charge is 0.465 e. The number of anilines is 1. The molecule has 0 radical (unpaired) electrons. The molecule has 7 rings (SSSR count). The minimum absolute atomic E-state index is 0.0504. The number of oxazole rings is 1. The Morgan fingerprint density at radius 3 is 2.56 bits per heavy atom. The van der Waals surface area contributed by atoms with Gasteiger partial charge in [0.2, 0.25) is 0 Å². The van der Waals surface area contributed by atoms with Crippen molar-refractivity contribution in [2.75, 3.05) is 24.5 Å². The van der Waals surface area contributed by atoms with Gasteiger partial charge in [-0.15, -0.1) is 0 Å². The number of nitrogens with zero attached hydrogens (tertiary/aromatic N) is 3. The summed E-state index contributed by atoms with van der Waals surface area (Å²) in [6, 6.07) is 21.3. The van der Waals surface area contributed by atoms with E-state index in [4.69, 9.17) is 4.42 Å². The van der Waals surface area contributed by atoms with Crippen molar-refractivity contribution in [1.29, 1.82) is 0 Å². The minimum atomic E-state index is -0.902. The number of piperidine rings is 3. The Kier molecular flexibility index (Phi) is 6.99. The number of hydrogen-bond donors (Lipinski definition) is 1. The van der Waals surface area contributed by atoms with Crippen molar-refractivity contribution in [3.05, 3.63) is 89.8 Å². The van der Waals surface area contributed by atoms with Crippen molar-refractivity contribution in [3.8, 4) is 11.1 Å². The van der Waals surface area contributed by atoms with Crippen LogP contribution in [0.3, 0.4) is 0 Å². The first-order chi connectivity index (χ1) is 19.1. The summed E-state index contributed by atoms with van der Waals surface area (Å²) in [6.45, 7) is 2.90. The predicted molar refractivity (Wildman–Crippen MR) is 152 cm³/mol. The third-order valence-corrected chi connectivity index (χ3v) is 7.95. The average Bonchev–Trinajstić information content (AvgIpc) is 3.38. The first kappa shape index (κ1) is 25.1. The molecule has 0 unspecified atom stereocenters. The second kappa shape index (κ2) is 10.9. The number of hydrogen-bond acceptors (Lipinski definition) is 5.